The number of ether oxygens (including phenoxy) is 1. The lowest BCUT2D eigenvalue weighted by molar-refractivity contribution is -0.137. The van der Waals surface area contributed by atoms with Crippen LogP contribution in [0.1, 0.15) is 36.1 Å². The second kappa shape index (κ2) is 7.83. The molecule has 0 atom stereocenters. The Morgan fingerprint density at radius 1 is 0.960 bits per heavy atom. The molecule has 0 amide bonds. The Labute approximate surface area is 150 Å². The van der Waals surface area contributed by atoms with Gasteiger partial charge in [0.15, 0.2) is 0 Å². The Bertz CT molecular complexity index is 751. The lowest BCUT2D eigenvalue weighted by Gasteiger charge is -2.22. The smallest absolute Gasteiger partial charge is 0.313 e. The predicted octanol–water partition coefficient (Wildman–Crippen LogP) is 3.87. The summed E-state index contributed by atoms with van der Waals surface area (Å²) in [5.41, 5.74) is 5.42. The van der Waals surface area contributed by atoms with Gasteiger partial charge in [-0.1, -0.05) is 44.2 Å². The van der Waals surface area contributed by atoms with Gasteiger partial charge in [0.1, 0.15) is 5.75 Å². The van der Waals surface area contributed by atoms with Crippen LogP contribution in [0.3, 0.4) is 0 Å². The zero-order chi connectivity index (χ0) is 17.8. The summed E-state index contributed by atoms with van der Waals surface area (Å²) in [6.45, 7) is 5.79. The number of hydrogen-bond donors (Lipinski definition) is 0. The molecule has 0 fully saturated rings. The largest absolute Gasteiger partial charge is 0.426 e. The van der Waals surface area contributed by atoms with Crippen molar-refractivity contribution in [3.63, 3.8) is 0 Å². The molecule has 0 aliphatic carbocycles. The van der Waals surface area contributed by atoms with Crippen LogP contribution in [-0.4, -0.2) is 31.0 Å². The minimum Gasteiger partial charge on any atom is -0.426 e. The Morgan fingerprint density at radius 3 is 2.32 bits per heavy atom. The third kappa shape index (κ3) is 4.49. The molecule has 0 saturated carbocycles. The number of carbonyl (C=O) groups excluding carboxylic acids is 1. The molecule has 0 bridgehead atoms. The highest BCUT2D eigenvalue weighted by Crippen LogP contribution is 2.24. The topological polar surface area (TPSA) is 29.5 Å². The van der Waals surface area contributed by atoms with Crippen molar-refractivity contribution in [1.29, 1.82) is 0 Å². The van der Waals surface area contributed by atoms with Crippen molar-refractivity contribution in [1.82, 2.24) is 4.90 Å². The van der Waals surface area contributed by atoms with Crippen LogP contribution >= 0.6 is 0 Å². The summed E-state index contributed by atoms with van der Waals surface area (Å²) in [4.78, 5) is 14.3. The van der Waals surface area contributed by atoms with Crippen molar-refractivity contribution >= 4 is 5.97 Å². The Morgan fingerprint density at radius 2 is 1.60 bits per heavy atom. The lowest BCUT2D eigenvalue weighted by atomic mass is 9.93. The number of esters is 1. The number of carbonyl (C=O) groups is 1. The number of nitrogens with zero attached hydrogens (tertiary/aromatic N) is 1. The summed E-state index contributed by atoms with van der Waals surface area (Å²) in [7, 11) is 2.17. The molecule has 0 aromatic heterocycles. The first-order chi connectivity index (χ1) is 12.0. The standard InChI is InChI=1S/C22H27NO2/c1-16(2)22(24)25-21-9-8-19-14-18-7-5-4-6-17(18)10-12-23(3)13-11-20(19)15-21/h4-9,15-16H,10-14H2,1-3H3. The van der Waals surface area contributed by atoms with Gasteiger partial charge in [-0.25, -0.2) is 0 Å². The molecule has 25 heavy (non-hydrogen) atoms. The van der Waals surface area contributed by atoms with Crippen molar-refractivity contribution in [2.45, 2.75) is 33.1 Å². The normalized spacial score (nSPS) is 15.4. The van der Waals surface area contributed by atoms with Crippen molar-refractivity contribution in [3.8, 4) is 5.75 Å². The van der Waals surface area contributed by atoms with Gasteiger partial charge in [0.2, 0.25) is 0 Å². The van der Waals surface area contributed by atoms with E-state index in [1.54, 1.807) is 0 Å². The van der Waals surface area contributed by atoms with Crippen molar-refractivity contribution in [2.75, 3.05) is 20.1 Å². The molecule has 0 saturated heterocycles. The fraction of sp³-hybridized carbons (Fsp3) is 0.409. The van der Waals surface area contributed by atoms with Gasteiger partial charge in [-0.15, -0.1) is 0 Å². The number of likely N-dealkylation sites (N-methyl/N-ethyl adjacent to an activating group) is 1. The molecule has 0 spiro atoms. The molecule has 3 nitrogen and oxygen atoms in total. The summed E-state index contributed by atoms with van der Waals surface area (Å²) in [6.07, 6.45) is 3.00. The van der Waals surface area contributed by atoms with Gasteiger partial charge in [0.05, 0.1) is 5.92 Å². The van der Waals surface area contributed by atoms with E-state index in [0.717, 1.165) is 32.4 Å². The monoisotopic (exact) mass is 337 g/mol. The first-order valence-electron chi connectivity index (χ1n) is 9.12. The van der Waals surface area contributed by atoms with Gasteiger partial charge < -0.3 is 9.64 Å². The second-order valence-electron chi connectivity index (χ2n) is 7.26. The summed E-state index contributed by atoms with van der Waals surface area (Å²) in [6, 6.07) is 14.8. The molecule has 0 radical (unpaired) electrons. The van der Waals surface area contributed by atoms with Crippen LogP contribution in [-0.2, 0) is 24.1 Å². The Kier molecular flexibility index (Phi) is 5.54. The van der Waals surface area contributed by atoms with Gasteiger partial charge in [-0.3, -0.25) is 4.79 Å². The van der Waals surface area contributed by atoms with Gasteiger partial charge in [0, 0.05) is 13.1 Å². The van der Waals surface area contributed by atoms with Crippen LogP contribution < -0.4 is 4.74 Å². The van der Waals surface area contributed by atoms with Crippen LogP contribution in [0.4, 0.5) is 0 Å². The number of rotatable bonds is 2. The van der Waals surface area contributed by atoms with E-state index < -0.39 is 0 Å². The van der Waals surface area contributed by atoms with E-state index in [1.165, 1.54) is 22.3 Å². The summed E-state index contributed by atoms with van der Waals surface area (Å²) in [5, 5.41) is 0. The zero-order valence-corrected chi connectivity index (χ0v) is 15.4. The van der Waals surface area contributed by atoms with Crippen LogP contribution in [0.5, 0.6) is 5.75 Å². The first-order valence-corrected chi connectivity index (χ1v) is 9.12. The Hall–Kier alpha value is -2.13. The molecule has 132 valence electrons. The van der Waals surface area contributed by atoms with E-state index in [4.69, 9.17) is 4.74 Å². The Balaban J connectivity index is 1.92. The zero-order valence-electron chi connectivity index (χ0n) is 15.4. The lowest BCUT2D eigenvalue weighted by Crippen LogP contribution is -2.25. The maximum atomic E-state index is 11.9. The number of benzene rings is 2. The quantitative estimate of drug-likeness (QED) is 0.615. The molecule has 2 aromatic rings. The average molecular weight is 337 g/mol. The van der Waals surface area contributed by atoms with Crippen LogP contribution in [0.25, 0.3) is 0 Å². The van der Waals surface area contributed by atoms with E-state index in [0.29, 0.717) is 5.75 Å². The van der Waals surface area contributed by atoms with E-state index in [1.807, 2.05) is 26.0 Å². The first kappa shape index (κ1) is 17.7. The second-order valence-corrected chi connectivity index (χ2v) is 7.26. The van der Waals surface area contributed by atoms with Gasteiger partial charge in [-0.2, -0.15) is 0 Å². The fourth-order valence-corrected chi connectivity index (χ4v) is 3.22. The number of fused-ring (bicyclic) bond motifs is 2. The molecule has 1 heterocycles. The molecule has 2 aromatic carbocycles. The highest BCUT2D eigenvalue weighted by Gasteiger charge is 2.15. The predicted molar refractivity (Wildman–Crippen MR) is 101 cm³/mol. The van der Waals surface area contributed by atoms with E-state index in [9.17, 15) is 4.79 Å². The maximum Gasteiger partial charge on any atom is 0.313 e. The summed E-state index contributed by atoms with van der Waals surface area (Å²) < 4.78 is 5.51. The average Bonchev–Trinajstić information content (AvgIpc) is 2.60. The summed E-state index contributed by atoms with van der Waals surface area (Å²) >= 11 is 0. The maximum absolute atomic E-state index is 11.9. The SMILES string of the molecule is CC(C)C(=O)Oc1ccc2c(c1)CCN(C)CCc1ccccc1C2. The van der Waals surface area contributed by atoms with E-state index in [-0.39, 0.29) is 11.9 Å². The molecule has 0 N–H and O–H groups in total. The van der Waals surface area contributed by atoms with Gasteiger partial charge >= 0.3 is 5.97 Å². The molecule has 1 aliphatic rings. The van der Waals surface area contributed by atoms with Crippen LogP contribution in [0, 0.1) is 5.92 Å². The highest BCUT2D eigenvalue weighted by molar-refractivity contribution is 5.74. The summed E-state index contributed by atoms with van der Waals surface area (Å²) in [5.74, 6) is 0.361. The fourth-order valence-electron chi connectivity index (χ4n) is 3.22. The van der Waals surface area contributed by atoms with E-state index >= 15 is 0 Å². The molecular formula is C22H27NO2. The highest BCUT2D eigenvalue weighted by atomic mass is 16.5. The minimum absolute atomic E-state index is 0.119. The number of hydrogen-bond acceptors (Lipinski definition) is 3. The molecular weight excluding hydrogens is 310 g/mol. The molecule has 3 heteroatoms. The van der Waals surface area contributed by atoms with Gasteiger partial charge in [0.25, 0.3) is 0 Å². The van der Waals surface area contributed by atoms with Gasteiger partial charge in [-0.05, 0) is 60.7 Å². The molecule has 0 unspecified atom stereocenters. The van der Waals surface area contributed by atoms with Crippen molar-refractivity contribution < 1.29 is 9.53 Å². The van der Waals surface area contributed by atoms with Crippen molar-refractivity contribution in [3.05, 3.63) is 64.7 Å². The third-order valence-electron chi connectivity index (χ3n) is 4.89. The molecule has 3 rings (SSSR count). The minimum atomic E-state index is -0.178. The van der Waals surface area contributed by atoms with Crippen LogP contribution in [0.15, 0.2) is 42.5 Å². The van der Waals surface area contributed by atoms with Crippen LogP contribution in [0.2, 0.25) is 0 Å². The van der Waals surface area contributed by atoms with Crippen molar-refractivity contribution in [2.24, 2.45) is 5.92 Å². The van der Waals surface area contributed by atoms with E-state index in [2.05, 4.69) is 42.3 Å². The third-order valence-corrected chi connectivity index (χ3v) is 4.89. The molecule has 1 aliphatic heterocycles.